The summed E-state index contributed by atoms with van der Waals surface area (Å²) < 4.78 is 12.0. The van der Waals surface area contributed by atoms with Gasteiger partial charge in [0.1, 0.15) is 6.10 Å². The Balaban J connectivity index is 2.33. The third kappa shape index (κ3) is 5.84. The van der Waals surface area contributed by atoms with Crippen LogP contribution >= 0.6 is 22.9 Å². The number of thiophene rings is 1. The van der Waals surface area contributed by atoms with Gasteiger partial charge in [-0.3, -0.25) is 0 Å². The Labute approximate surface area is 112 Å². The zero-order valence-electron chi connectivity index (χ0n) is 10.5. The van der Waals surface area contributed by atoms with Crippen LogP contribution in [0, 0.1) is 0 Å². The van der Waals surface area contributed by atoms with E-state index in [0.29, 0.717) is 19.8 Å². The average molecular weight is 278 g/mol. The lowest BCUT2D eigenvalue weighted by atomic mass is 10.2. The monoisotopic (exact) mass is 277 g/mol. The molecule has 0 bridgehead atoms. The molecule has 1 aromatic heterocycles. The quantitative estimate of drug-likeness (QED) is 0.812. The zero-order valence-corrected chi connectivity index (χ0v) is 12.1. The van der Waals surface area contributed by atoms with Crippen LogP contribution in [0.1, 0.15) is 31.8 Å². The van der Waals surface area contributed by atoms with Crippen molar-refractivity contribution in [1.82, 2.24) is 0 Å². The van der Waals surface area contributed by atoms with E-state index in [-0.39, 0.29) is 11.7 Å². The minimum absolute atomic E-state index is 0.0870. The van der Waals surface area contributed by atoms with E-state index in [1.54, 1.807) is 0 Å². The molecule has 0 saturated carbocycles. The Morgan fingerprint density at radius 2 is 2.06 bits per heavy atom. The maximum Gasteiger partial charge on any atom is 0.104 e. The summed E-state index contributed by atoms with van der Waals surface area (Å²) in [4.78, 5) is 1.06. The van der Waals surface area contributed by atoms with Crippen molar-refractivity contribution in [2.45, 2.75) is 32.5 Å². The first-order valence-electron chi connectivity index (χ1n) is 5.63. The van der Waals surface area contributed by atoms with Gasteiger partial charge in [-0.05, 0) is 32.9 Å². The molecule has 0 amide bonds. The van der Waals surface area contributed by atoms with Crippen molar-refractivity contribution in [3.05, 3.63) is 21.3 Å². The first-order valence-corrected chi connectivity index (χ1v) is 6.82. The standard InChI is InChI=1S/C12H20ClNO2S/c1-12(2,3)16-7-6-15-9(8-14)10-4-5-11(13)17-10/h4-5,9H,6-8,14H2,1-3H3. The number of hydrogen-bond donors (Lipinski definition) is 1. The van der Waals surface area contributed by atoms with Gasteiger partial charge in [-0.1, -0.05) is 11.6 Å². The van der Waals surface area contributed by atoms with E-state index < -0.39 is 0 Å². The van der Waals surface area contributed by atoms with Crippen molar-refractivity contribution >= 4 is 22.9 Å². The van der Waals surface area contributed by atoms with Crippen LogP contribution in [-0.2, 0) is 9.47 Å². The molecule has 0 spiro atoms. The van der Waals surface area contributed by atoms with Gasteiger partial charge in [0, 0.05) is 11.4 Å². The molecule has 1 atom stereocenters. The van der Waals surface area contributed by atoms with Crippen LogP contribution in [-0.4, -0.2) is 25.4 Å². The predicted molar refractivity (Wildman–Crippen MR) is 72.8 cm³/mol. The molecule has 5 heteroatoms. The molecule has 0 aromatic carbocycles. The maximum absolute atomic E-state index is 5.88. The average Bonchev–Trinajstić information content (AvgIpc) is 2.63. The SMILES string of the molecule is CC(C)(C)OCCOC(CN)c1ccc(Cl)s1. The van der Waals surface area contributed by atoms with Gasteiger partial charge in [-0.2, -0.15) is 0 Å². The Kier molecular flexibility index (Phi) is 5.89. The third-order valence-electron chi connectivity index (χ3n) is 2.06. The van der Waals surface area contributed by atoms with Gasteiger partial charge in [0.25, 0.3) is 0 Å². The smallest absolute Gasteiger partial charge is 0.104 e. The second-order valence-electron chi connectivity index (χ2n) is 4.70. The number of halogens is 1. The van der Waals surface area contributed by atoms with E-state index in [1.165, 1.54) is 11.3 Å². The largest absolute Gasteiger partial charge is 0.373 e. The fraction of sp³-hybridized carbons (Fsp3) is 0.667. The highest BCUT2D eigenvalue weighted by Gasteiger charge is 2.14. The molecular formula is C12H20ClNO2S. The van der Waals surface area contributed by atoms with Crippen LogP contribution in [0.4, 0.5) is 0 Å². The molecule has 0 fully saturated rings. The first-order chi connectivity index (χ1) is 7.92. The van der Waals surface area contributed by atoms with Crippen LogP contribution < -0.4 is 5.73 Å². The predicted octanol–water partition coefficient (Wildman–Crippen LogP) is 3.23. The van der Waals surface area contributed by atoms with Crippen molar-refractivity contribution in [2.75, 3.05) is 19.8 Å². The summed E-state index contributed by atoms with van der Waals surface area (Å²) in [5.41, 5.74) is 5.55. The van der Waals surface area contributed by atoms with Crippen molar-refractivity contribution in [1.29, 1.82) is 0 Å². The van der Waals surface area contributed by atoms with Crippen molar-refractivity contribution < 1.29 is 9.47 Å². The maximum atomic E-state index is 5.88. The summed E-state index contributed by atoms with van der Waals surface area (Å²) in [5.74, 6) is 0. The minimum Gasteiger partial charge on any atom is -0.373 e. The Bertz CT molecular complexity index is 335. The van der Waals surface area contributed by atoms with E-state index in [4.69, 9.17) is 26.8 Å². The molecule has 0 aliphatic heterocycles. The summed E-state index contributed by atoms with van der Waals surface area (Å²) >= 11 is 7.38. The number of rotatable bonds is 6. The molecule has 0 aliphatic rings. The fourth-order valence-corrected chi connectivity index (χ4v) is 2.43. The van der Waals surface area contributed by atoms with Crippen molar-refractivity contribution in [2.24, 2.45) is 5.73 Å². The Morgan fingerprint density at radius 1 is 1.35 bits per heavy atom. The lowest BCUT2D eigenvalue weighted by molar-refractivity contribution is -0.0500. The van der Waals surface area contributed by atoms with Gasteiger partial charge in [-0.25, -0.2) is 0 Å². The normalized spacial score (nSPS) is 13.9. The molecule has 2 N–H and O–H groups in total. The second-order valence-corrected chi connectivity index (χ2v) is 6.44. The van der Waals surface area contributed by atoms with Gasteiger partial charge in [0.15, 0.2) is 0 Å². The summed E-state index contributed by atoms with van der Waals surface area (Å²) in [7, 11) is 0. The van der Waals surface area contributed by atoms with Gasteiger partial charge in [0.05, 0.1) is 23.2 Å². The molecule has 3 nitrogen and oxygen atoms in total. The lowest BCUT2D eigenvalue weighted by Gasteiger charge is -2.21. The fourth-order valence-electron chi connectivity index (χ4n) is 1.31. The van der Waals surface area contributed by atoms with Gasteiger partial charge < -0.3 is 15.2 Å². The molecule has 1 unspecified atom stereocenters. The van der Waals surface area contributed by atoms with Gasteiger partial charge in [-0.15, -0.1) is 11.3 Å². The van der Waals surface area contributed by atoms with Crippen molar-refractivity contribution in [3.63, 3.8) is 0 Å². The van der Waals surface area contributed by atoms with E-state index in [2.05, 4.69) is 0 Å². The Morgan fingerprint density at radius 3 is 2.53 bits per heavy atom. The Hall–Kier alpha value is -0.130. The number of nitrogens with two attached hydrogens (primary N) is 1. The molecule has 0 aliphatic carbocycles. The van der Waals surface area contributed by atoms with Gasteiger partial charge in [0.2, 0.25) is 0 Å². The molecule has 1 heterocycles. The van der Waals surface area contributed by atoms with Crippen LogP contribution in [0.5, 0.6) is 0 Å². The topological polar surface area (TPSA) is 44.5 Å². The van der Waals surface area contributed by atoms with Crippen LogP contribution in [0.2, 0.25) is 4.34 Å². The van der Waals surface area contributed by atoms with Gasteiger partial charge >= 0.3 is 0 Å². The molecule has 1 rings (SSSR count). The molecule has 1 aromatic rings. The minimum atomic E-state index is -0.131. The lowest BCUT2D eigenvalue weighted by Crippen LogP contribution is -2.23. The molecule has 98 valence electrons. The van der Waals surface area contributed by atoms with Crippen molar-refractivity contribution in [3.8, 4) is 0 Å². The molecule has 0 radical (unpaired) electrons. The van der Waals surface area contributed by atoms with Crippen LogP contribution in [0.3, 0.4) is 0 Å². The molecular weight excluding hydrogens is 258 g/mol. The van der Waals surface area contributed by atoms with Crippen LogP contribution in [0.25, 0.3) is 0 Å². The van der Waals surface area contributed by atoms with E-state index >= 15 is 0 Å². The van der Waals surface area contributed by atoms with E-state index in [1.807, 2.05) is 32.9 Å². The molecule has 0 saturated heterocycles. The highest BCUT2D eigenvalue weighted by atomic mass is 35.5. The highest BCUT2D eigenvalue weighted by Crippen LogP contribution is 2.28. The summed E-state index contributed by atoms with van der Waals surface area (Å²) in [6.07, 6.45) is -0.0870. The summed E-state index contributed by atoms with van der Waals surface area (Å²) in [6, 6.07) is 3.81. The number of hydrogen-bond acceptors (Lipinski definition) is 4. The highest BCUT2D eigenvalue weighted by molar-refractivity contribution is 7.16. The van der Waals surface area contributed by atoms with E-state index in [9.17, 15) is 0 Å². The second kappa shape index (κ2) is 6.71. The first kappa shape index (κ1) is 14.9. The van der Waals surface area contributed by atoms with E-state index in [0.717, 1.165) is 9.21 Å². The number of ether oxygens (including phenoxy) is 2. The summed E-state index contributed by atoms with van der Waals surface area (Å²) in [5, 5.41) is 0. The summed E-state index contributed by atoms with van der Waals surface area (Å²) in [6.45, 7) is 7.62. The third-order valence-corrected chi connectivity index (χ3v) is 3.39. The zero-order chi connectivity index (χ0) is 12.9. The van der Waals surface area contributed by atoms with Crippen LogP contribution in [0.15, 0.2) is 12.1 Å². The molecule has 17 heavy (non-hydrogen) atoms.